The molecule has 0 spiro atoms. The number of para-hydroxylation sites is 1. The zero-order valence-corrected chi connectivity index (χ0v) is 13.4. The molecule has 2 N–H and O–H groups in total. The summed E-state index contributed by atoms with van der Waals surface area (Å²) < 4.78 is 0. The SMILES string of the molecule is CCC(CC)C(=O)Nc1ccc(Nc2ccccc2Cl)nn1. The van der Waals surface area contributed by atoms with Crippen LogP contribution in [0.1, 0.15) is 26.7 Å². The third-order valence-electron chi connectivity index (χ3n) is 3.41. The van der Waals surface area contributed by atoms with E-state index in [4.69, 9.17) is 11.6 Å². The smallest absolute Gasteiger partial charge is 0.228 e. The molecule has 0 fully saturated rings. The number of hydrogen-bond acceptors (Lipinski definition) is 4. The monoisotopic (exact) mass is 318 g/mol. The highest BCUT2D eigenvalue weighted by atomic mass is 35.5. The Morgan fingerprint density at radius 1 is 1.09 bits per heavy atom. The second kappa shape index (κ2) is 7.75. The molecule has 0 saturated heterocycles. The number of amides is 1. The van der Waals surface area contributed by atoms with Gasteiger partial charge in [-0.25, -0.2) is 0 Å². The molecule has 0 radical (unpaired) electrons. The molecule has 2 rings (SSSR count). The average molecular weight is 319 g/mol. The summed E-state index contributed by atoms with van der Waals surface area (Å²) in [6.07, 6.45) is 1.61. The first-order valence-corrected chi connectivity index (χ1v) is 7.68. The van der Waals surface area contributed by atoms with Gasteiger partial charge >= 0.3 is 0 Å². The van der Waals surface area contributed by atoms with E-state index in [2.05, 4.69) is 20.8 Å². The molecule has 0 saturated carbocycles. The fraction of sp³-hybridized carbons (Fsp3) is 0.312. The van der Waals surface area contributed by atoms with Gasteiger partial charge < -0.3 is 10.6 Å². The molecule has 1 aromatic carbocycles. The van der Waals surface area contributed by atoms with Gasteiger partial charge in [0, 0.05) is 5.92 Å². The molecule has 0 aliphatic heterocycles. The Hall–Kier alpha value is -2.14. The number of anilines is 3. The molecule has 22 heavy (non-hydrogen) atoms. The lowest BCUT2D eigenvalue weighted by Crippen LogP contribution is -2.22. The molecule has 5 nitrogen and oxygen atoms in total. The molecule has 0 aliphatic rings. The molecule has 1 aromatic heterocycles. The predicted octanol–water partition coefficient (Wildman–Crippen LogP) is 4.25. The van der Waals surface area contributed by atoms with Gasteiger partial charge in [-0.15, -0.1) is 10.2 Å². The van der Waals surface area contributed by atoms with Crippen LogP contribution in [0.4, 0.5) is 17.3 Å². The third-order valence-corrected chi connectivity index (χ3v) is 3.74. The molecule has 0 unspecified atom stereocenters. The minimum Gasteiger partial charge on any atom is -0.338 e. The van der Waals surface area contributed by atoms with E-state index in [-0.39, 0.29) is 11.8 Å². The molecular formula is C16H19ClN4O. The number of halogens is 1. The number of nitrogens with zero attached hydrogens (tertiary/aromatic N) is 2. The standard InChI is InChI=1S/C16H19ClN4O/c1-3-11(4-2)16(22)19-15-10-9-14(20-21-15)18-13-8-6-5-7-12(13)17/h5-11H,3-4H2,1-2H3,(H,18,20)(H,19,21,22). The van der Waals surface area contributed by atoms with Crippen LogP contribution in [0.2, 0.25) is 5.02 Å². The minimum atomic E-state index is -0.0221. The van der Waals surface area contributed by atoms with Crippen molar-refractivity contribution in [2.24, 2.45) is 5.92 Å². The van der Waals surface area contributed by atoms with Gasteiger partial charge in [0.25, 0.3) is 0 Å². The van der Waals surface area contributed by atoms with Gasteiger partial charge in [0.1, 0.15) is 0 Å². The van der Waals surface area contributed by atoms with Crippen LogP contribution in [0.15, 0.2) is 36.4 Å². The quantitative estimate of drug-likeness (QED) is 0.835. The lowest BCUT2D eigenvalue weighted by Gasteiger charge is -2.12. The second-order valence-electron chi connectivity index (χ2n) is 4.91. The van der Waals surface area contributed by atoms with Crippen LogP contribution in [0, 0.1) is 5.92 Å². The Bertz CT molecular complexity index is 626. The van der Waals surface area contributed by atoms with Crippen molar-refractivity contribution < 1.29 is 4.79 Å². The number of hydrogen-bond donors (Lipinski definition) is 2. The van der Waals surface area contributed by atoms with Crippen molar-refractivity contribution in [1.29, 1.82) is 0 Å². The number of carbonyl (C=O) groups excluding carboxylic acids is 1. The maximum atomic E-state index is 12.0. The van der Waals surface area contributed by atoms with Crippen molar-refractivity contribution in [1.82, 2.24) is 10.2 Å². The van der Waals surface area contributed by atoms with Crippen molar-refractivity contribution >= 4 is 34.8 Å². The van der Waals surface area contributed by atoms with Gasteiger partial charge in [-0.05, 0) is 37.1 Å². The summed E-state index contributed by atoms with van der Waals surface area (Å²) >= 11 is 6.07. The predicted molar refractivity (Wildman–Crippen MR) is 89.5 cm³/mol. The molecule has 2 aromatic rings. The normalized spacial score (nSPS) is 10.5. The highest BCUT2D eigenvalue weighted by molar-refractivity contribution is 6.33. The van der Waals surface area contributed by atoms with E-state index in [1.807, 2.05) is 32.0 Å². The average Bonchev–Trinajstić information content (AvgIpc) is 2.52. The lowest BCUT2D eigenvalue weighted by atomic mass is 10.0. The van der Waals surface area contributed by atoms with Gasteiger partial charge in [0.2, 0.25) is 5.91 Å². The van der Waals surface area contributed by atoms with Crippen LogP contribution in [0.25, 0.3) is 0 Å². The zero-order chi connectivity index (χ0) is 15.9. The van der Waals surface area contributed by atoms with E-state index >= 15 is 0 Å². The second-order valence-corrected chi connectivity index (χ2v) is 5.32. The third kappa shape index (κ3) is 4.18. The Balaban J connectivity index is 2.02. The van der Waals surface area contributed by atoms with Crippen LogP contribution in [-0.4, -0.2) is 16.1 Å². The number of nitrogens with one attached hydrogen (secondary N) is 2. The van der Waals surface area contributed by atoms with Crippen LogP contribution < -0.4 is 10.6 Å². The van der Waals surface area contributed by atoms with Crippen LogP contribution >= 0.6 is 11.6 Å². The van der Waals surface area contributed by atoms with Crippen LogP contribution in [0.5, 0.6) is 0 Å². The lowest BCUT2D eigenvalue weighted by molar-refractivity contribution is -0.120. The molecule has 6 heteroatoms. The Morgan fingerprint density at radius 2 is 1.73 bits per heavy atom. The summed E-state index contributed by atoms with van der Waals surface area (Å²) in [5.74, 6) is 0.990. The van der Waals surface area contributed by atoms with Gasteiger partial charge in [-0.3, -0.25) is 4.79 Å². The van der Waals surface area contributed by atoms with Crippen molar-refractivity contribution in [2.75, 3.05) is 10.6 Å². The number of aromatic nitrogens is 2. The number of rotatable bonds is 6. The Morgan fingerprint density at radius 3 is 2.32 bits per heavy atom. The first-order valence-electron chi connectivity index (χ1n) is 7.30. The summed E-state index contributed by atoms with van der Waals surface area (Å²) in [7, 11) is 0. The summed E-state index contributed by atoms with van der Waals surface area (Å²) in [5.41, 5.74) is 0.757. The van der Waals surface area contributed by atoms with Gasteiger partial charge in [0.05, 0.1) is 10.7 Å². The van der Waals surface area contributed by atoms with E-state index in [1.54, 1.807) is 18.2 Å². The molecule has 116 valence electrons. The van der Waals surface area contributed by atoms with Crippen molar-refractivity contribution in [3.05, 3.63) is 41.4 Å². The maximum absolute atomic E-state index is 12.0. The fourth-order valence-electron chi connectivity index (χ4n) is 2.05. The molecular weight excluding hydrogens is 300 g/mol. The Labute approximate surface area is 135 Å². The number of carbonyl (C=O) groups is 1. The zero-order valence-electron chi connectivity index (χ0n) is 12.6. The highest BCUT2D eigenvalue weighted by Crippen LogP contribution is 2.23. The first-order chi connectivity index (χ1) is 10.6. The molecule has 0 atom stereocenters. The van der Waals surface area contributed by atoms with E-state index in [9.17, 15) is 4.79 Å². The van der Waals surface area contributed by atoms with Crippen LogP contribution in [0.3, 0.4) is 0 Å². The largest absolute Gasteiger partial charge is 0.338 e. The summed E-state index contributed by atoms with van der Waals surface area (Å²) in [4.78, 5) is 12.0. The maximum Gasteiger partial charge on any atom is 0.228 e. The van der Waals surface area contributed by atoms with Gasteiger partial charge in [0.15, 0.2) is 11.6 Å². The van der Waals surface area contributed by atoms with E-state index in [0.717, 1.165) is 18.5 Å². The minimum absolute atomic E-state index is 0.00252. The Kier molecular flexibility index (Phi) is 5.72. The summed E-state index contributed by atoms with van der Waals surface area (Å²) in [5, 5.41) is 14.5. The molecule has 1 amide bonds. The molecule has 0 bridgehead atoms. The van der Waals surface area contributed by atoms with Crippen LogP contribution in [-0.2, 0) is 4.79 Å². The number of benzene rings is 1. The van der Waals surface area contributed by atoms with Crippen molar-refractivity contribution in [3.63, 3.8) is 0 Å². The van der Waals surface area contributed by atoms with Crippen molar-refractivity contribution in [2.45, 2.75) is 26.7 Å². The highest BCUT2D eigenvalue weighted by Gasteiger charge is 2.14. The first kappa shape index (κ1) is 16.2. The van der Waals surface area contributed by atoms with Gasteiger partial charge in [-0.1, -0.05) is 37.6 Å². The fourth-order valence-corrected chi connectivity index (χ4v) is 2.24. The topological polar surface area (TPSA) is 66.9 Å². The summed E-state index contributed by atoms with van der Waals surface area (Å²) in [6, 6.07) is 10.8. The van der Waals surface area contributed by atoms with Crippen molar-refractivity contribution in [3.8, 4) is 0 Å². The summed E-state index contributed by atoms with van der Waals surface area (Å²) in [6.45, 7) is 3.99. The molecule has 0 aliphatic carbocycles. The van der Waals surface area contributed by atoms with E-state index < -0.39 is 0 Å². The van der Waals surface area contributed by atoms with E-state index in [0.29, 0.717) is 16.7 Å². The van der Waals surface area contributed by atoms with E-state index in [1.165, 1.54) is 0 Å². The molecule has 1 heterocycles. The van der Waals surface area contributed by atoms with Gasteiger partial charge in [-0.2, -0.15) is 0 Å².